The number of halogens is 1. The molecule has 1 N–H and O–H groups in total. The Labute approximate surface area is 153 Å². The van der Waals surface area contributed by atoms with E-state index in [1.807, 2.05) is 31.2 Å². The first-order valence-corrected chi connectivity index (χ1v) is 10.1. The Bertz CT molecular complexity index is 817. The second kappa shape index (κ2) is 8.26. The maximum atomic E-state index is 13.1. The Kier molecular flexibility index (Phi) is 6.03. The van der Waals surface area contributed by atoms with Crippen molar-refractivity contribution in [1.82, 2.24) is 9.62 Å². The Morgan fingerprint density at radius 1 is 1.08 bits per heavy atom. The molecule has 2 aromatic rings. The van der Waals surface area contributed by atoms with Gasteiger partial charge in [-0.05, 0) is 36.8 Å². The van der Waals surface area contributed by atoms with E-state index in [9.17, 15) is 12.8 Å². The summed E-state index contributed by atoms with van der Waals surface area (Å²) in [6.45, 7) is 5.02. The van der Waals surface area contributed by atoms with E-state index in [2.05, 4.69) is 9.62 Å². The summed E-state index contributed by atoms with van der Waals surface area (Å²) in [5.41, 5.74) is 2.21. The normalized spacial score (nSPS) is 17.2. The van der Waals surface area contributed by atoms with E-state index >= 15 is 0 Å². The SMILES string of the molecule is Cc1ccc(C(CNS(=O)(=O)c2ccc(F)cc2)N2CCOCC2)cc1. The number of nitrogens with zero attached hydrogens (tertiary/aromatic N) is 1. The molecule has 0 aliphatic carbocycles. The molecule has 0 saturated carbocycles. The second-order valence-electron chi connectivity index (χ2n) is 6.38. The third-order valence-electron chi connectivity index (χ3n) is 4.54. The lowest BCUT2D eigenvalue weighted by molar-refractivity contribution is 0.0172. The second-order valence-corrected chi connectivity index (χ2v) is 8.15. The monoisotopic (exact) mass is 378 g/mol. The zero-order valence-electron chi connectivity index (χ0n) is 14.7. The smallest absolute Gasteiger partial charge is 0.240 e. The van der Waals surface area contributed by atoms with Crippen molar-refractivity contribution < 1.29 is 17.5 Å². The lowest BCUT2D eigenvalue weighted by atomic mass is 10.0. The van der Waals surface area contributed by atoms with Gasteiger partial charge in [0.1, 0.15) is 5.82 Å². The highest BCUT2D eigenvalue weighted by Gasteiger charge is 2.25. The van der Waals surface area contributed by atoms with E-state index in [1.54, 1.807) is 0 Å². The van der Waals surface area contributed by atoms with Crippen molar-refractivity contribution in [2.75, 3.05) is 32.8 Å². The molecule has 0 aromatic heterocycles. The number of hydrogen-bond donors (Lipinski definition) is 1. The third kappa shape index (κ3) is 4.67. The van der Waals surface area contributed by atoms with Crippen molar-refractivity contribution in [1.29, 1.82) is 0 Å². The van der Waals surface area contributed by atoms with E-state index in [-0.39, 0.29) is 17.5 Å². The van der Waals surface area contributed by atoms with Gasteiger partial charge in [-0.15, -0.1) is 0 Å². The van der Waals surface area contributed by atoms with Crippen molar-refractivity contribution >= 4 is 10.0 Å². The molecule has 1 fully saturated rings. The fourth-order valence-electron chi connectivity index (χ4n) is 3.02. The molecule has 140 valence electrons. The van der Waals surface area contributed by atoms with Crippen LogP contribution in [0.25, 0.3) is 0 Å². The summed E-state index contributed by atoms with van der Waals surface area (Å²) in [4.78, 5) is 2.28. The van der Waals surface area contributed by atoms with Gasteiger partial charge in [0.15, 0.2) is 0 Å². The van der Waals surface area contributed by atoms with Crippen LogP contribution in [0.4, 0.5) is 4.39 Å². The van der Waals surface area contributed by atoms with Gasteiger partial charge in [0.05, 0.1) is 18.1 Å². The molecular formula is C19H23FN2O3S. The number of morpholine rings is 1. The fraction of sp³-hybridized carbons (Fsp3) is 0.368. The third-order valence-corrected chi connectivity index (χ3v) is 5.98. The minimum absolute atomic E-state index is 0.0588. The number of rotatable bonds is 6. The van der Waals surface area contributed by atoms with Gasteiger partial charge in [0, 0.05) is 25.7 Å². The van der Waals surface area contributed by atoms with Crippen LogP contribution in [-0.2, 0) is 14.8 Å². The zero-order chi connectivity index (χ0) is 18.6. The van der Waals surface area contributed by atoms with Gasteiger partial charge in [-0.25, -0.2) is 17.5 Å². The lowest BCUT2D eigenvalue weighted by Gasteiger charge is -2.35. The van der Waals surface area contributed by atoms with Crippen molar-refractivity contribution in [3.05, 3.63) is 65.5 Å². The van der Waals surface area contributed by atoms with Gasteiger partial charge in [0.2, 0.25) is 10.0 Å². The summed E-state index contributed by atoms with van der Waals surface area (Å²) in [5, 5.41) is 0. The summed E-state index contributed by atoms with van der Waals surface area (Å²) in [7, 11) is -3.70. The van der Waals surface area contributed by atoms with Crippen LogP contribution in [-0.4, -0.2) is 46.2 Å². The number of benzene rings is 2. The van der Waals surface area contributed by atoms with Gasteiger partial charge in [-0.2, -0.15) is 0 Å². The maximum Gasteiger partial charge on any atom is 0.240 e. The molecule has 7 heteroatoms. The molecule has 1 aliphatic rings. The molecule has 1 atom stereocenters. The minimum atomic E-state index is -3.70. The Balaban J connectivity index is 1.78. The van der Waals surface area contributed by atoms with Gasteiger partial charge in [0.25, 0.3) is 0 Å². The predicted octanol–water partition coefficient (Wildman–Crippen LogP) is 2.49. The first kappa shape index (κ1) is 19.0. The zero-order valence-corrected chi connectivity index (χ0v) is 15.5. The average Bonchev–Trinajstić information content (AvgIpc) is 2.64. The standard InChI is InChI=1S/C19H23FN2O3S/c1-15-2-4-16(5-3-15)19(22-10-12-25-13-11-22)14-21-26(23,24)18-8-6-17(20)7-9-18/h2-9,19,21H,10-14H2,1H3. The molecule has 1 unspecified atom stereocenters. The average molecular weight is 378 g/mol. The van der Waals surface area contributed by atoms with Crippen LogP contribution < -0.4 is 4.72 Å². The van der Waals surface area contributed by atoms with E-state index in [0.29, 0.717) is 13.2 Å². The summed E-state index contributed by atoms with van der Waals surface area (Å²) >= 11 is 0. The molecule has 0 bridgehead atoms. The van der Waals surface area contributed by atoms with Crippen molar-refractivity contribution in [2.24, 2.45) is 0 Å². The molecule has 0 amide bonds. The summed E-state index contributed by atoms with van der Waals surface area (Å²) in [6, 6.07) is 12.9. The van der Waals surface area contributed by atoms with Gasteiger partial charge >= 0.3 is 0 Å². The summed E-state index contributed by atoms with van der Waals surface area (Å²) in [6.07, 6.45) is 0. The Hall–Kier alpha value is -1.80. The van der Waals surface area contributed by atoms with Crippen LogP contribution in [0.5, 0.6) is 0 Å². The number of nitrogens with one attached hydrogen (secondary N) is 1. The van der Waals surface area contributed by atoms with E-state index in [0.717, 1.165) is 36.3 Å². The van der Waals surface area contributed by atoms with Gasteiger partial charge < -0.3 is 4.74 Å². The maximum absolute atomic E-state index is 13.1. The van der Waals surface area contributed by atoms with E-state index < -0.39 is 15.8 Å². The van der Waals surface area contributed by atoms with Gasteiger partial charge in [-0.3, -0.25) is 4.90 Å². The Morgan fingerprint density at radius 3 is 2.31 bits per heavy atom. The molecule has 0 spiro atoms. The topological polar surface area (TPSA) is 58.6 Å². The van der Waals surface area contributed by atoms with Crippen LogP contribution in [0.15, 0.2) is 53.4 Å². The largest absolute Gasteiger partial charge is 0.379 e. The highest BCUT2D eigenvalue weighted by Crippen LogP contribution is 2.22. The van der Waals surface area contributed by atoms with Gasteiger partial charge in [-0.1, -0.05) is 29.8 Å². The molecule has 3 rings (SSSR count). The summed E-state index contributed by atoms with van der Waals surface area (Å²) < 4.78 is 46.2. The molecule has 1 saturated heterocycles. The molecular weight excluding hydrogens is 355 g/mol. The highest BCUT2D eigenvalue weighted by molar-refractivity contribution is 7.89. The highest BCUT2D eigenvalue weighted by atomic mass is 32.2. The van der Waals surface area contributed by atoms with E-state index in [1.165, 1.54) is 12.1 Å². The van der Waals surface area contributed by atoms with Crippen molar-refractivity contribution in [3.8, 4) is 0 Å². The first-order chi connectivity index (χ1) is 12.5. The van der Waals surface area contributed by atoms with Crippen LogP contribution in [0.3, 0.4) is 0 Å². The first-order valence-electron chi connectivity index (χ1n) is 8.59. The Morgan fingerprint density at radius 2 is 1.69 bits per heavy atom. The fourth-order valence-corrected chi connectivity index (χ4v) is 4.06. The van der Waals surface area contributed by atoms with Crippen LogP contribution in [0.1, 0.15) is 17.2 Å². The number of sulfonamides is 1. The van der Waals surface area contributed by atoms with Crippen LogP contribution in [0.2, 0.25) is 0 Å². The molecule has 1 heterocycles. The molecule has 5 nitrogen and oxygen atoms in total. The molecule has 1 aliphatic heterocycles. The quantitative estimate of drug-likeness (QED) is 0.839. The van der Waals surface area contributed by atoms with Crippen LogP contribution >= 0.6 is 0 Å². The number of aryl methyl sites for hydroxylation is 1. The number of ether oxygens (including phenoxy) is 1. The predicted molar refractivity (Wildman–Crippen MR) is 97.9 cm³/mol. The van der Waals surface area contributed by atoms with Crippen LogP contribution in [0, 0.1) is 12.7 Å². The van der Waals surface area contributed by atoms with Crippen molar-refractivity contribution in [3.63, 3.8) is 0 Å². The minimum Gasteiger partial charge on any atom is -0.379 e. The lowest BCUT2D eigenvalue weighted by Crippen LogP contribution is -2.43. The molecule has 0 radical (unpaired) electrons. The molecule has 2 aromatic carbocycles. The molecule has 26 heavy (non-hydrogen) atoms. The van der Waals surface area contributed by atoms with E-state index in [4.69, 9.17) is 4.74 Å². The number of hydrogen-bond acceptors (Lipinski definition) is 4. The summed E-state index contributed by atoms with van der Waals surface area (Å²) in [5.74, 6) is -0.463. The van der Waals surface area contributed by atoms with Crippen molar-refractivity contribution in [2.45, 2.75) is 17.9 Å².